The normalized spacial score (nSPS) is 11.8. The van der Waals surface area contributed by atoms with Crippen molar-refractivity contribution in [2.45, 2.75) is 13.3 Å². The van der Waals surface area contributed by atoms with E-state index in [-0.39, 0.29) is 0 Å². The zero-order valence-corrected chi connectivity index (χ0v) is 8.36. The Kier molecular flexibility index (Phi) is 3.64. The fourth-order valence-corrected chi connectivity index (χ4v) is 1.31. The minimum absolute atomic E-state index is 0.736. The van der Waals surface area contributed by atoms with E-state index in [9.17, 15) is 0 Å². The summed E-state index contributed by atoms with van der Waals surface area (Å²) in [7, 11) is 0. The molecular weight excluding hydrogens is 191 g/mol. The molecule has 1 aromatic rings. The fourth-order valence-electron chi connectivity index (χ4n) is 0.906. The molecular formula is C10H10Cl2. The molecule has 0 radical (unpaired) electrons. The third-order valence-corrected chi connectivity index (χ3v) is 2.13. The first-order valence-corrected chi connectivity index (χ1v) is 4.61. The molecule has 0 aliphatic rings. The van der Waals surface area contributed by atoms with Crippen LogP contribution in [0, 0.1) is 0 Å². The quantitative estimate of drug-likeness (QED) is 0.667. The van der Waals surface area contributed by atoms with Crippen LogP contribution in [-0.4, -0.2) is 0 Å². The van der Waals surface area contributed by atoms with Gasteiger partial charge in [0, 0.05) is 10.1 Å². The van der Waals surface area contributed by atoms with Gasteiger partial charge in [0.25, 0.3) is 0 Å². The molecule has 0 aliphatic carbocycles. The van der Waals surface area contributed by atoms with Gasteiger partial charge in [-0.1, -0.05) is 48.3 Å². The van der Waals surface area contributed by atoms with E-state index in [0.717, 1.165) is 22.0 Å². The maximum atomic E-state index is 5.98. The average Bonchev–Trinajstić information content (AvgIpc) is 2.06. The van der Waals surface area contributed by atoms with Crippen LogP contribution in [0.25, 0.3) is 5.03 Å². The van der Waals surface area contributed by atoms with Gasteiger partial charge in [-0.3, -0.25) is 0 Å². The van der Waals surface area contributed by atoms with E-state index in [1.54, 1.807) is 0 Å². The van der Waals surface area contributed by atoms with E-state index >= 15 is 0 Å². The van der Waals surface area contributed by atoms with Crippen molar-refractivity contribution in [1.29, 1.82) is 0 Å². The standard InChI is InChI=1S/C10H10Cl2/c1-2-3-10(12)8-4-6-9(11)7-5-8/h3-7H,2H2,1H3. The van der Waals surface area contributed by atoms with Gasteiger partial charge >= 0.3 is 0 Å². The summed E-state index contributed by atoms with van der Waals surface area (Å²) in [5.74, 6) is 0. The van der Waals surface area contributed by atoms with Gasteiger partial charge in [-0.25, -0.2) is 0 Å². The molecule has 0 saturated heterocycles. The zero-order chi connectivity index (χ0) is 8.97. The molecule has 0 aliphatic heterocycles. The lowest BCUT2D eigenvalue weighted by atomic mass is 10.2. The third-order valence-electron chi connectivity index (χ3n) is 1.50. The zero-order valence-electron chi connectivity index (χ0n) is 6.85. The maximum Gasteiger partial charge on any atom is 0.0438 e. The summed E-state index contributed by atoms with van der Waals surface area (Å²) in [6.07, 6.45) is 2.92. The molecule has 64 valence electrons. The average molecular weight is 201 g/mol. The highest BCUT2D eigenvalue weighted by Gasteiger charge is 1.95. The Morgan fingerprint density at radius 2 is 1.92 bits per heavy atom. The molecule has 0 amide bonds. The van der Waals surface area contributed by atoms with Gasteiger partial charge in [-0.05, 0) is 24.1 Å². The minimum atomic E-state index is 0.736. The second kappa shape index (κ2) is 4.54. The van der Waals surface area contributed by atoms with Crippen molar-refractivity contribution >= 4 is 28.2 Å². The Bertz CT molecular complexity index is 272. The van der Waals surface area contributed by atoms with Crippen molar-refractivity contribution < 1.29 is 0 Å². The van der Waals surface area contributed by atoms with Gasteiger partial charge < -0.3 is 0 Å². The van der Waals surface area contributed by atoms with Crippen molar-refractivity contribution in [2.24, 2.45) is 0 Å². The Labute approximate surface area is 82.8 Å². The molecule has 0 fully saturated rings. The molecule has 12 heavy (non-hydrogen) atoms. The minimum Gasteiger partial charge on any atom is -0.0843 e. The first-order chi connectivity index (χ1) is 5.74. The molecule has 2 heteroatoms. The van der Waals surface area contributed by atoms with Gasteiger partial charge in [0.15, 0.2) is 0 Å². The van der Waals surface area contributed by atoms with E-state index in [0.29, 0.717) is 0 Å². The van der Waals surface area contributed by atoms with Crippen LogP contribution in [0.3, 0.4) is 0 Å². The summed E-state index contributed by atoms with van der Waals surface area (Å²) < 4.78 is 0. The topological polar surface area (TPSA) is 0 Å². The van der Waals surface area contributed by atoms with Crippen LogP contribution in [0.4, 0.5) is 0 Å². The van der Waals surface area contributed by atoms with Gasteiger partial charge in [0.05, 0.1) is 0 Å². The van der Waals surface area contributed by atoms with Crippen molar-refractivity contribution in [2.75, 3.05) is 0 Å². The van der Waals surface area contributed by atoms with Crippen molar-refractivity contribution in [3.05, 3.63) is 40.9 Å². The highest BCUT2D eigenvalue weighted by Crippen LogP contribution is 2.20. The van der Waals surface area contributed by atoms with Gasteiger partial charge in [-0.2, -0.15) is 0 Å². The SMILES string of the molecule is CCC=C(Cl)c1ccc(Cl)cc1. The number of benzene rings is 1. The monoisotopic (exact) mass is 200 g/mol. The molecule has 1 rings (SSSR count). The number of hydrogen-bond donors (Lipinski definition) is 0. The number of rotatable bonds is 2. The summed E-state index contributed by atoms with van der Waals surface area (Å²) in [4.78, 5) is 0. The summed E-state index contributed by atoms with van der Waals surface area (Å²) in [6, 6.07) is 7.50. The lowest BCUT2D eigenvalue weighted by molar-refractivity contribution is 1.23. The number of allylic oxidation sites excluding steroid dienone is 1. The Morgan fingerprint density at radius 3 is 2.42 bits per heavy atom. The summed E-state index contributed by atoms with van der Waals surface area (Å²) in [5.41, 5.74) is 1.02. The van der Waals surface area contributed by atoms with Crippen LogP contribution >= 0.6 is 23.2 Å². The second-order valence-electron chi connectivity index (χ2n) is 2.47. The smallest absolute Gasteiger partial charge is 0.0438 e. The molecule has 0 bridgehead atoms. The Hall–Kier alpha value is -0.460. The van der Waals surface area contributed by atoms with Crippen molar-refractivity contribution in [3.8, 4) is 0 Å². The third kappa shape index (κ3) is 2.54. The van der Waals surface area contributed by atoms with Gasteiger partial charge in [0.2, 0.25) is 0 Å². The molecule has 0 nitrogen and oxygen atoms in total. The van der Waals surface area contributed by atoms with Gasteiger partial charge in [0.1, 0.15) is 0 Å². The second-order valence-corrected chi connectivity index (χ2v) is 3.31. The predicted octanol–water partition coefficient (Wildman–Crippen LogP) is 4.33. The molecule has 1 aromatic carbocycles. The highest BCUT2D eigenvalue weighted by atomic mass is 35.5. The first kappa shape index (κ1) is 9.63. The predicted molar refractivity (Wildman–Crippen MR) is 55.6 cm³/mol. The fraction of sp³-hybridized carbons (Fsp3) is 0.200. The molecule has 0 N–H and O–H groups in total. The lowest BCUT2D eigenvalue weighted by Crippen LogP contribution is -1.75. The van der Waals surface area contributed by atoms with Crippen LogP contribution in [0.15, 0.2) is 30.3 Å². The van der Waals surface area contributed by atoms with Crippen molar-refractivity contribution in [3.63, 3.8) is 0 Å². The Morgan fingerprint density at radius 1 is 1.33 bits per heavy atom. The molecule has 0 heterocycles. The van der Waals surface area contributed by atoms with E-state index in [1.165, 1.54) is 0 Å². The van der Waals surface area contributed by atoms with Crippen LogP contribution in [0.5, 0.6) is 0 Å². The van der Waals surface area contributed by atoms with E-state index in [4.69, 9.17) is 23.2 Å². The Balaban J connectivity index is 2.89. The van der Waals surface area contributed by atoms with Crippen LogP contribution in [-0.2, 0) is 0 Å². The summed E-state index contributed by atoms with van der Waals surface area (Å²) >= 11 is 11.7. The number of halogens is 2. The van der Waals surface area contributed by atoms with E-state index in [1.807, 2.05) is 30.3 Å². The number of hydrogen-bond acceptors (Lipinski definition) is 0. The highest BCUT2D eigenvalue weighted by molar-refractivity contribution is 6.48. The van der Waals surface area contributed by atoms with Crippen LogP contribution < -0.4 is 0 Å². The maximum absolute atomic E-state index is 5.98. The molecule has 0 unspecified atom stereocenters. The van der Waals surface area contributed by atoms with Crippen LogP contribution in [0.2, 0.25) is 5.02 Å². The van der Waals surface area contributed by atoms with Gasteiger partial charge in [-0.15, -0.1) is 0 Å². The van der Waals surface area contributed by atoms with Crippen molar-refractivity contribution in [1.82, 2.24) is 0 Å². The first-order valence-electron chi connectivity index (χ1n) is 3.85. The lowest BCUT2D eigenvalue weighted by Gasteiger charge is -1.97. The molecule has 0 saturated carbocycles. The molecule has 0 aromatic heterocycles. The summed E-state index contributed by atoms with van der Waals surface area (Å²) in [5, 5.41) is 1.52. The molecule has 0 atom stereocenters. The van der Waals surface area contributed by atoms with Crippen LogP contribution in [0.1, 0.15) is 18.9 Å². The van der Waals surface area contributed by atoms with E-state index < -0.39 is 0 Å². The van der Waals surface area contributed by atoms with E-state index in [2.05, 4.69) is 6.92 Å². The molecule has 0 spiro atoms. The summed E-state index contributed by atoms with van der Waals surface area (Å²) in [6.45, 7) is 2.05. The largest absolute Gasteiger partial charge is 0.0843 e.